The minimum Gasteiger partial charge on any atom is -0.548 e. The Kier molecular flexibility index (Phi) is 2.18. The first kappa shape index (κ1) is 10.6. The Labute approximate surface area is 92.8 Å². The molecule has 0 saturated carbocycles. The van der Waals surface area contributed by atoms with Crippen molar-refractivity contribution in [1.82, 2.24) is 4.90 Å². The molecule has 0 N–H and O–H groups in total. The van der Waals surface area contributed by atoms with E-state index in [2.05, 4.69) is 4.99 Å². The van der Waals surface area contributed by atoms with Crippen LogP contribution in [0.4, 0.5) is 0 Å². The van der Waals surface area contributed by atoms with Crippen LogP contribution in [-0.4, -0.2) is 28.2 Å². The summed E-state index contributed by atoms with van der Waals surface area (Å²) >= 11 is 0. The largest absolute Gasteiger partial charge is 0.548 e. The van der Waals surface area contributed by atoms with Crippen molar-refractivity contribution < 1.29 is 14.7 Å². The number of carboxylic acids is 1. The van der Waals surface area contributed by atoms with Gasteiger partial charge in [-0.15, -0.1) is 0 Å². The molecule has 2 rings (SSSR count). The zero-order valence-corrected chi connectivity index (χ0v) is 9.06. The van der Waals surface area contributed by atoms with Gasteiger partial charge in [0.15, 0.2) is 0 Å². The van der Waals surface area contributed by atoms with Gasteiger partial charge in [0.05, 0.1) is 17.9 Å². The van der Waals surface area contributed by atoms with E-state index in [1.807, 2.05) is 6.92 Å². The molecule has 0 aromatic heterocycles. The number of amidine groups is 1. The highest BCUT2D eigenvalue weighted by molar-refractivity contribution is 6.08. The quantitative estimate of drug-likeness (QED) is 0.601. The van der Waals surface area contributed by atoms with E-state index in [1.165, 1.54) is 11.8 Å². The van der Waals surface area contributed by atoms with Gasteiger partial charge in [0.25, 0.3) is 0 Å². The summed E-state index contributed by atoms with van der Waals surface area (Å²) in [4.78, 5) is 27.8. The number of aliphatic carboxylic acids is 1. The van der Waals surface area contributed by atoms with E-state index in [-0.39, 0.29) is 6.42 Å². The molecule has 5 nitrogen and oxygen atoms in total. The predicted molar refractivity (Wildman–Crippen MR) is 55.2 cm³/mol. The van der Waals surface area contributed by atoms with Gasteiger partial charge < -0.3 is 14.8 Å². The number of hydrogen-bond donors (Lipinski definition) is 0. The van der Waals surface area contributed by atoms with Crippen molar-refractivity contribution >= 4 is 17.7 Å². The maximum atomic E-state index is 11.4. The summed E-state index contributed by atoms with van der Waals surface area (Å²) in [6.07, 6.45) is 4.90. The number of carbonyl (C=O) groups excluding carboxylic acids is 2. The molecule has 16 heavy (non-hydrogen) atoms. The zero-order chi connectivity index (χ0) is 11.9. The molecule has 0 aliphatic carbocycles. The molecule has 2 aliphatic rings. The van der Waals surface area contributed by atoms with E-state index in [0.717, 1.165) is 5.57 Å². The van der Waals surface area contributed by atoms with Crippen molar-refractivity contribution in [2.75, 3.05) is 0 Å². The number of hydrogen-bond acceptors (Lipinski definition) is 4. The molecule has 0 aromatic carbocycles. The second-order valence-corrected chi connectivity index (χ2v) is 4.18. The monoisotopic (exact) mass is 219 g/mol. The number of carboxylic acid groups (broad SMARTS) is 1. The lowest BCUT2D eigenvalue weighted by Crippen LogP contribution is -2.61. The van der Waals surface area contributed by atoms with Gasteiger partial charge in [0.2, 0.25) is 5.91 Å². The van der Waals surface area contributed by atoms with Gasteiger partial charge in [0.1, 0.15) is 5.84 Å². The summed E-state index contributed by atoms with van der Waals surface area (Å²) in [7, 11) is 0. The molecule has 5 heteroatoms. The van der Waals surface area contributed by atoms with Gasteiger partial charge in [-0.25, -0.2) is 0 Å². The molecule has 2 aliphatic heterocycles. The Morgan fingerprint density at radius 1 is 1.62 bits per heavy atom. The van der Waals surface area contributed by atoms with Crippen LogP contribution in [0.5, 0.6) is 0 Å². The fraction of sp³-hybridized carbons (Fsp3) is 0.364. The van der Waals surface area contributed by atoms with Gasteiger partial charge >= 0.3 is 0 Å². The van der Waals surface area contributed by atoms with Crippen LogP contribution in [0.3, 0.4) is 0 Å². The standard InChI is InChI=1S/C11H12N2O3/c1-7-3-4-13-8(5-7)12-9(14)6-11(13,2)10(15)16/h3-5H,6H2,1-2H3,(H,15,16)/p-1. The molecule has 2 heterocycles. The van der Waals surface area contributed by atoms with Crippen LogP contribution < -0.4 is 5.11 Å². The highest BCUT2D eigenvalue weighted by Crippen LogP contribution is 2.28. The van der Waals surface area contributed by atoms with Crippen LogP contribution in [0.1, 0.15) is 20.3 Å². The van der Waals surface area contributed by atoms with Crippen molar-refractivity contribution in [2.45, 2.75) is 25.8 Å². The second-order valence-electron chi connectivity index (χ2n) is 4.18. The molecule has 0 spiro atoms. The van der Waals surface area contributed by atoms with Crippen LogP contribution in [0.25, 0.3) is 0 Å². The molecule has 1 unspecified atom stereocenters. The van der Waals surface area contributed by atoms with E-state index in [4.69, 9.17) is 0 Å². The lowest BCUT2D eigenvalue weighted by Gasteiger charge is -2.43. The number of aliphatic imine (C=N–C) groups is 1. The van der Waals surface area contributed by atoms with Crippen LogP contribution in [0.2, 0.25) is 0 Å². The zero-order valence-electron chi connectivity index (χ0n) is 9.06. The van der Waals surface area contributed by atoms with Crippen molar-refractivity contribution in [3.8, 4) is 0 Å². The van der Waals surface area contributed by atoms with Crippen LogP contribution in [0.15, 0.2) is 28.9 Å². The number of allylic oxidation sites excluding steroid dienone is 2. The minimum atomic E-state index is -1.35. The first-order valence-corrected chi connectivity index (χ1v) is 4.92. The summed E-state index contributed by atoms with van der Waals surface area (Å²) in [6, 6.07) is 0. The number of nitrogens with zero attached hydrogens (tertiary/aromatic N) is 2. The number of carbonyl (C=O) groups is 2. The molecule has 84 valence electrons. The minimum absolute atomic E-state index is 0.171. The lowest BCUT2D eigenvalue weighted by molar-refractivity contribution is -0.316. The molecule has 0 aromatic rings. The molecular formula is C11H11N2O3-. The van der Waals surface area contributed by atoms with Crippen molar-refractivity contribution in [3.05, 3.63) is 23.9 Å². The van der Waals surface area contributed by atoms with E-state index < -0.39 is 17.4 Å². The molecule has 1 amide bonds. The highest BCUT2D eigenvalue weighted by atomic mass is 16.4. The Morgan fingerprint density at radius 3 is 2.94 bits per heavy atom. The third-order valence-electron chi connectivity index (χ3n) is 2.80. The third kappa shape index (κ3) is 1.44. The van der Waals surface area contributed by atoms with Crippen molar-refractivity contribution in [1.29, 1.82) is 0 Å². The fourth-order valence-corrected chi connectivity index (χ4v) is 1.81. The summed E-state index contributed by atoms with van der Waals surface area (Å²) in [5, 5.41) is 11.1. The fourth-order valence-electron chi connectivity index (χ4n) is 1.81. The van der Waals surface area contributed by atoms with Crippen LogP contribution in [-0.2, 0) is 9.59 Å². The average molecular weight is 219 g/mol. The molecule has 0 radical (unpaired) electrons. The van der Waals surface area contributed by atoms with Gasteiger partial charge in [-0.05, 0) is 31.6 Å². The van der Waals surface area contributed by atoms with Gasteiger partial charge in [-0.1, -0.05) is 0 Å². The van der Waals surface area contributed by atoms with Gasteiger partial charge in [-0.2, -0.15) is 4.99 Å². The van der Waals surface area contributed by atoms with Crippen LogP contribution in [0, 0.1) is 0 Å². The topological polar surface area (TPSA) is 72.8 Å². The lowest BCUT2D eigenvalue weighted by atomic mass is 9.92. The Hall–Kier alpha value is -1.91. The molecule has 0 fully saturated rings. The molecule has 0 bridgehead atoms. The Morgan fingerprint density at radius 2 is 2.31 bits per heavy atom. The Balaban J connectivity index is 2.51. The molecule has 1 atom stereocenters. The summed E-state index contributed by atoms with van der Waals surface area (Å²) in [6.45, 7) is 3.32. The number of amides is 1. The van der Waals surface area contributed by atoms with E-state index in [0.29, 0.717) is 5.84 Å². The SMILES string of the molecule is CC1=CC2=NC(=O)CC(C)(C(=O)[O-])N2C=C1. The highest BCUT2D eigenvalue weighted by Gasteiger charge is 2.40. The first-order valence-electron chi connectivity index (χ1n) is 4.92. The van der Waals surface area contributed by atoms with Gasteiger partial charge in [0, 0.05) is 6.20 Å². The smallest absolute Gasteiger partial charge is 0.250 e. The number of rotatable bonds is 1. The van der Waals surface area contributed by atoms with E-state index in [1.54, 1.807) is 18.4 Å². The van der Waals surface area contributed by atoms with Crippen molar-refractivity contribution in [2.24, 2.45) is 4.99 Å². The van der Waals surface area contributed by atoms with E-state index in [9.17, 15) is 14.7 Å². The van der Waals surface area contributed by atoms with Crippen molar-refractivity contribution in [3.63, 3.8) is 0 Å². The molecular weight excluding hydrogens is 208 g/mol. The predicted octanol–water partition coefficient (Wildman–Crippen LogP) is -0.401. The summed E-state index contributed by atoms with van der Waals surface area (Å²) < 4.78 is 0. The first-order chi connectivity index (χ1) is 7.43. The van der Waals surface area contributed by atoms with Crippen LogP contribution >= 0.6 is 0 Å². The maximum absolute atomic E-state index is 11.4. The number of fused-ring (bicyclic) bond motifs is 1. The van der Waals surface area contributed by atoms with E-state index >= 15 is 0 Å². The summed E-state index contributed by atoms with van der Waals surface area (Å²) in [5.41, 5.74) is -0.424. The second kappa shape index (κ2) is 3.30. The maximum Gasteiger partial charge on any atom is 0.250 e. The average Bonchev–Trinajstić information content (AvgIpc) is 2.15. The summed E-state index contributed by atoms with van der Waals surface area (Å²) in [5.74, 6) is -1.34. The third-order valence-corrected chi connectivity index (χ3v) is 2.80. The normalized spacial score (nSPS) is 28.4. The Bertz CT molecular complexity index is 462. The molecule has 0 saturated heterocycles. The van der Waals surface area contributed by atoms with Gasteiger partial charge in [-0.3, -0.25) is 4.79 Å².